The summed E-state index contributed by atoms with van der Waals surface area (Å²) in [5.74, 6) is -0.431. The van der Waals surface area contributed by atoms with E-state index in [0.717, 1.165) is 11.3 Å². The third kappa shape index (κ3) is 5.26. The summed E-state index contributed by atoms with van der Waals surface area (Å²) >= 11 is 0. The number of nitrogens with zero attached hydrogens (tertiary/aromatic N) is 1. The summed E-state index contributed by atoms with van der Waals surface area (Å²) in [6.45, 7) is 3.86. The number of hydrogen-bond donors (Lipinski definition) is 1. The average Bonchev–Trinajstić information content (AvgIpc) is 2.86. The van der Waals surface area contributed by atoms with Gasteiger partial charge in [0.15, 0.2) is 6.61 Å². The topological polar surface area (TPSA) is 84.9 Å². The average molecular weight is 408 g/mol. The molecule has 1 heterocycles. The number of esters is 1. The largest absolute Gasteiger partial charge is 0.494 e. The van der Waals surface area contributed by atoms with E-state index in [1.165, 1.54) is 11.0 Å². The first-order chi connectivity index (χ1) is 14.5. The molecule has 7 heteroatoms. The highest BCUT2D eigenvalue weighted by Gasteiger charge is 2.29. The minimum absolute atomic E-state index is 0.159. The molecule has 1 aliphatic rings. The molecule has 0 unspecified atom stereocenters. The molecule has 0 fully saturated rings. The Bertz CT molecular complexity index is 952. The summed E-state index contributed by atoms with van der Waals surface area (Å²) in [6.07, 6.45) is 3.04. The first kappa shape index (κ1) is 21.1. The normalized spacial score (nSPS) is 15.9. The van der Waals surface area contributed by atoms with Crippen LogP contribution < -0.4 is 15.0 Å². The summed E-state index contributed by atoms with van der Waals surface area (Å²) < 4.78 is 10.5. The van der Waals surface area contributed by atoms with Crippen LogP contribution in [0.1, 0.15) is 25.8 Å². The number of carbonyl (C=O) groups is 3. The van der Waals surface area contributed by atoms with E-state index in [4.69, 9.17) is 9.47 Å². The molecular weight excluding hydrogens is 384 g/mol. The number of nitrogens with one attached hydrogen (secondary N) is 1. The standard InChI is InChI=1S/C23H24N2O5/c1-3-29-18-11-8-17(9-12-18)10-13-23(28)30-15-22(27)25-16(2)14-21(26)24-19-6-4-5-7-20(19)25/h4-13,16H,3,14-15H2,1-2H3,(H,24,26)/b13-10+/t16-/m0/s1. The Morgan fingerprint density at radius 3 is 2.63 bits per heavy atom. The highest BCUT2D eigenvalue weighted by Crippen LogP contribution is 2.31. The molecular formula is C23H24N2O5. The van der Waals surface area contributed by atoms with Gasteiger partial charge in [-0.15, -0.1) is 0 Å². The van der Waals surface area contributed by atoms with Crippen LogP contribution in [0.25, 0.3) is 6.08 Å². The van der Waals surface area contributed by atoms with Gasteiger partial charge in [-0.25, -0.2) is 4.79 Å². The third-order valence-electron chi connectivity index (χ3n) is 4.57. The SMILES string of the molecule is CCOc1ccc(/C=C/C(=O)OCC(=O)N2c3ccccc3NC(=O)C[C@@H]2C)cc1. The van der Waals surface area contributed by atoms with Gasteiger partial charge in [0.2, 0.25) is 5.91 Å². The maximum Gasteiger partial charge on any atom is 0.331 e. The first-order valence-corrected chi connectivity index (χ1v) is 9.76. The Balaban J connectivity index is 1.61. The number of benzene rings is 2. The van der Waals surface area contributed by atoms with Crippen molar-refractivity contribution in [1.29, 1.82) is 0 Å². The van der Waals surface area contributed by atoms with Crippen LogP contribution in [-0.4, -0.2) is 37.0 Å². The fourth-order valence-electron chi connectivity index (χ4n) is 3.22. The van der Waals surface area contributed by atoms with E-state index >= 15 is 0 Å². The fourth-order valence-corrected chi connectivity index (χ4v) is 3.22. The number of fused-ring (bicyclic) bond motifs is 1. The Morgan fingerprint density at radius 2 is 1.90 bits per heavy atom. The summed E-state index contributed by atoms with van der Waals surface area (Å²) in [6, 6.07) is 14.0. The number of amides is 2. The van der Waals surface area contributed by atoms with E-state index in [9.17, 15) is 14.4 Å². The van der Waals surface area contributed by atoms with Crippen molar-refractivity contribution in [3.8, 4) is 5.75 Å². The van der Waals surface area contributed by atoms with E-state index in [1.807, 2.05) is 31.2 Å². The number of carbonyl (C=O) groups excluding carboxylic acids is 3. The molecule has 0 radical (unpaired) electrons. The van der Waals surface area contributed by atoms with Gasteiger partial charge in [-0.3, -0.25) is 9.59 Å². The molecule has 3 rings (SSSR count). The monoisotopic (exact) mass is 408 g/mol. The molecule has 0 aromatic heterocycles. The molecule has 0 spiro atoms. The summed E-state index contributed by atoms with van der Waals surface area (Å²) in [5, 5.41) is 2.79. The molecule has 2 amide bonds. The second kappa shape index (κ2) is 9.73. The van der Waals surface area contributed by atoms with Crippen LogP contribution in [0.4, 0.5) is 11.4 Å². The second-order valence-corrected chi connectivity index (χ2v) is 6.83. The van der Waals surface area contributed by atoms with Crippen molar-refractivity contribution in [1.82, 2.24) is 0 Å². The Kier molecular flexibility index (Phi) is 6.85. The van der Waals surface area contributed by atoms with Crippen molar-refractivity contribution in [2.45, 2.75) is 26.3 Å². The van der Waals surface area contributed by atoms with E-state index in [-0.39, 0.29) is 18.4 Å². The predicted octanol–water partition coefficient (Wildman–Crippen LogP) is 3.41. The lowest BCUT2D eigenvalue weighted by molar-refractivity contribution is -0.143. The highest BCUT2D eigenvalue weighted by molar-refractivity contribution is 6.05. The lowest BCUT2D eigenvalue weighted by Crippen LogP contribution is -2.41. The molecule has 0 saturated carbocycles. The molecule has 7 nitrogen and oxygen atoms in total. The van der Waals surface area contributed by atoms with Crippen molar-refractivity contribution in [2.24, 2.45) is 0 Å². The minimum Gasteiger partial charge on any atom is -0.494 e. The van der Waals surface area contributed by atoms with Crippen LogP contribution in [0.3, 0.4) is 0 Å². The molecule has 2 aromatic carbocycles. The number of para-hydroxylation sites is 2. The Morgan fingerprint density at radius 1 is 1.17 bits per heavy atom. The second-order valence-electron chi connectivity index (χ2n) is 6.83. The van der Waals surface area contributed by atoms with Crippen LogP contribution in [0.2, 0.25) is 0 Å². The highest BCUT2D eigenvalue weighted by atomic mass is 16.5. The molecule has 1 aliphatic heterocycles. The van der Waals surface area contributed by atoms with Crippen LogP contribution in [-0.2, 0) is 19.1 Å². The number of hydrogen-bond acceptors (Lipinski definition) is 5. The van der Waals surface area contributed by atoms with Crippen LogP contribution in [0.5, 0.6) is 5.75 Å². The Hall–Kier alpha value is -3.61. The first-order valence-electron chi connectivity index (χ1n) is 9.76. The molecule has 0 saturated heterocycles. The lowest BCUT2D eigenvalue weighted by atomic mass is 10.1. The minimum atomic E-state index is -0.623. The van der Waals surface area contributed by atoms with Crippen LogP contribution >= 0.6 is 0 Å². The van der Waals surface area contributed by atoms with E-state index in [0.29, 0.717) is 18.0 Å². The maximum absolute atomic E-state index is 12.8. The molecule has 0 aliphatic carbocycles. The third-order valence-corrected chi connectivity index (χ3v) is 4.57. The van der Waals surface area contributed by atoms with Gasteiger partial charge in [0.05, 0.1) is 18.0 Å². The zero-order valence-electron chi connectivity index (χ0n) is 17.0. The fraction of sp³-hybridized carbons (Fsp3) is 0.261. The van der Waals surface area contributed by atoms with Crippen molar-refractivity contribution >= 4 is 35.2 Å². The number of rotatable bonds is 6. The van der Waals surface area contributed by atoms with E-state index < -0.39 is 18.5 Å². The lowest BCUT2D eigenvalue weighted by Gasteiger charge is -2.27. The van der Waals surface area contributed by atoms with Crippen molar-refractivity contribution < 1.29 is 23.9 Å². The van der Waals surface area contributed by atoms with E-state index in [2.05, 4.69) is 5.32 Å². The summed E-state index contributed by atoms with van der Waals surface area (Å²) in [7, 11) is 0. The predicted molar refractivity (Wildman–Crippen MR) is 114 cm³/mol. The molecule has 1 N–H and O–H groups in total. The van der Waals surface area contributed by atoms with Crippen LogP contribution in [0, 0.1) is 0 Å². The van der Waals surface area contributed by atoms with Crippen molar-refractivity contribution in [2.75, 3.05) is 23.4 Å². The van der Waals surface area contributed by atoms with Crippen molar-refractivity contribution in [3.63, 3.8) is 0 Å². The van der Waals surface area contributed by atoms with Gasteiger partial charge in [-0.05, 0) is 49.8 Å². The molecule has 156 valence electrons. The van der Waals surface area contributed by atoms with Crippen molar-refractivity contribution in [3.05, 3.63) is 60.2 Å². The van der Waals surface area contributed by atoms with Gasteiger partial charge < -0.3 is 19.7 Å². The molecule has 2 aromatic rings. The van der Waals surface area contributed by atoms with E-state index in [1.54, 1.807) is 37.3 Å². The maximum atomic E-state index is 12.8. The summed E-state index contributed by atoms with van der Waals surface area (Å²) in [5.41, 5.74) is 1.95. The van der Waals surface area contributed by atoms with Gasteiger partial charge in [0.25, 0.3) is 5.91 Å². The number of anilines is 2. The van der Waals surface area contributed by atoms with Crippen LogP contribution in [0.15, 0.2) is 54.6 Å². The zero-order chi connectivity index (χ0) is 21.5. The number of ether oxygens (including phenoxy) is 2. The molecule has 1 atom stereocenters. The Labute approximate surface area is 175 Å². The quantitative estimate of drug-likeness (QED) is 0.585. The molecule has 30 heavy (non-hydrogen) atoms. The molecule has 0 bridgehead atoms. The van der Waals surface area contributed by atoms with Gasteiger partial charge in [-0.1, -0.05) is 24.3 Å². The van der Waals surface area contributed by atoms with Gasteiger partial charge in [0, 0.05) is 18.5 Å². The zero-order valence-corrected chi connectivity index (χ0v) is 17.0. The van der Waals surface area contributed by atoms with Gasteiger partial charge >= 0.3 is 5.97 Å². The van der Waals surface area contributed by atoms with Gasteiger partial charge in [0.1, 0.15) is 5.75 Å². The summed E-state index contributed by atoms with van der Waals surface area (Å²) in [4.78, 5) is 38.3. The smallest absolute Gasteiger partial charge is 0.331 e. The van der Waals surface area contributed by atoms with Gasteiger partial charge in [-0.2, -0.15) is 0 Å².